The number of pyridine rings is 1. The van der Waals surface area contributed by atoms with Crippen molar-refractivity contribution in [3.05, 3.63) is 24.5 Å². The van der Waals surface area contributed by atoms with Crippen molar-refractivity contribution in [3.63, 3.8) is 0 Å². The Kier molecular flexibility index (Phi) is 9.93. The van der Waals surface area contributed by atoms with Gasteiger partial charge in [0.05, 0.1) is 19.3 Å². The van der Waals surface area contributed by atoms with Crippen LogP contribution in [0.5, 0.6) is 5.75 Å². The number of nitrogens with one attached hydrogen (secondary N) is 1. The molecule has 2 rings (SSSR count). The van der Waals surface area contributed by atoms with Crippen LogP contribution in [0.2, 0.25) is 0 Å². The van der Waals surface area contributed by atoms with E-state index in [-0.39, 0.29) is 24.0 Å². The lowest BCUT2D eigenvalue weighted by atomic mass is 10.1. The Morgan fingerprint density at radius 2 is 2.43 bits per heavy atom. The van der Waals surface area contributed by atoms with Crippen molar-refractivity contribution in [1.82, 2.24) is 15.2 Å². The fourth-order valence-electron chi connectivity index (χ4n) is 2.42. The molecule has 7 heteroatoms. The van der Waals surface area contributed by atoms with E-state index in [9.17, 15) is 0 Å². The summed E-state index contributed by atoms with van der Waals surface area (Å²) in [7, 11) is 2.07. The van der Waals surface area contributed by atoms with Gasteiger partial charge in [0.1, 0.15) is 12.4 Å². The highest BCUT2D eigenvalue weighted by molar-refractivity contribution is 14.0. The average Bonchev–Trinajstić information content (AvgIpc) is 3.04. The maximum Gasteiger partial charge on any atom is 0.193 e. The molecule has 130 valence electrons. The van der Waals surface area contributed by atoms with E-state index in [4.69, 9.17) is 9.47 Å². The summed E-state index contributed by atoms with van der Waals surface area (Å²) in [6.45, 7) is 6.79. The number of nitrogens with zero attached hydrogens (tertiary/aromatic N) is 3. The third-order valence-corrected chi connectivity index (χ3v) is 3.51. The third kappa shape index (κ3) is 7.34. The van der Waals surface area contributed by atoms with Crippen LogP contribution in [0.4, 0.5) is 0 Å². The maximum absolute atomic E-state index is 5.61. The second-order valence-electron chi connectivity index (χ2n) is 5.38. The summed E-state index contributed by atoms with van der Waals surface area (Å²) in [6.07, 6.45) is 4.57. The quantitative estimate of drug-likeness (QED) is 0.308. The average molecular weight is 434 g/mol. The molecule has 1 aliphatic heterocycles. The van der Waals surface area contributed by atoms with E-state index in [0.717, 1.165) is 44.4 Å². The second kappa shape index (κ2) is 11.4. The Bertz CT molecular complexity index is 453. The normalized spacial score (nSPS) is 17.5. The lowest BCUT2D eigenvalue weighted by Crippen LogP contribution is -2.41. The molecule has 0 saturated carbocycles. The number of halogens is 1. The fourth-order valence-corrected chi connectivity index (χ4v) is 2.42. The van der Waals surface area contributed by atoms with Crippen LogP contribution in [0.1, 0.15) is 13.3 Å². The molecule has 0 spiro atoms. The van der Waals surface area contributed by atoms with Crippen molar-refractivity contribution in [1.29, 1.82) is 0 Å². The van der Waals surface area contributed by atoms with Crippen LogP contribution in [-0.4, -0.2) is 62.3 Å². The van der Waals surface area contributed by atoms with Gasteiger partial charge in [-0.05, 0) is 25.5 Å². The van der Waals surface area contributed by atoms with Crippen molar-refractivity contribution in [2.75, 3.05) is 46.5 Å². The monoisotopic (exact) mass is 434 g/mol. The predicted octanol–water partition coefficient (Wildman–Crippen LogP) is 2.01. The summed E-state index contributed by atoms with van der Waals surface area (Å²) in [4.78, 5) is 10.8. The Morgan fingerprint density at radius 3 is 3.09 bits per heavy atom. The molecular weight excluding hydrogens is 407 g/mol. The molecule has 0 aliphatic carbocycles. The first kappa shape index (κ1) is 20.0. The van der Waals surface area contributed by atoms with Gasteiger partial charge in [0.15, 0.2) is 5.96 Å². The van der Waals surface area contributed by atoms with Gasteiger partial charge in [-0.15, -0.1) is 24.0 Å². The van der Waals surface area contributed by atoms with Crippen molar-refractivity contribution in [2.24, 2.45) is 10.9 Å². The zero-order valence-electron chi connectivity index (χ0n) is 13.9. The number of hydrogen-bond donors (Lipinski definition) is 1. The molecule has 2 heterocycles. The number of rotatable bonds is 7. The van der Waals surface area contributed by atoms with Crippen molar-refractivity contribution >= 4 is 29.9 Å². The molecule has 1 fully saturated rings. The number of ether oxygens (including phenoxy) is 2. The first-order valence-corrected chi connectivity index (χ1v) is 7.89. The van der Waals surface area contributed by atoms with E-state index >= 15 is 0 Å². The fraction of sp³-hybridized carbons (Fsp3) is 0.625. The minimum atomic E-state index is 0. The summed E-state index contributed by atoms with van der Waals surface area (Å²) in [5.74, 6) is 2.30. The summed E-state index contributed by atoms with van der Waals surface area (Å²) in [6, 6.07) is 3.76. The Morgan fingerprint density at radius 1 is 1.57 bits per heavy atom. The molecule has 1 aromatic rings. The van der Waals surface area contributed by atoms with Crippen LogP contribution in [-0.2, 0) is 4.74 Å². The maximum atomic E-state index is 5.61. The lowest BCUT2D eigenvalue weighted by molar-refractivity contribution is 0.181. The molecular formula is C16H27IN4O2. The van der Waals surface area contributed by atoms with E-state index in [1.165, 1.54) is 0 Å². The van der Waals surface area contributed by atoms with Gasteiger partial charge in [-0.1, -0.05) is 0 Å². The molecule has 1 N–H and O–H groups in total. The summed E-state index contributed by atoms with van der Waals surface area (Å²) >= 11 is 0. The third-order valence-electron chi connectivity index (χ3n) is 3.51. The summed E-state index contributed by atoms with van der Waals surface area (Å²) in [5, 5.41) is 3.32. The first-order valence-electron chi connectivity index (χ1n) is 7.89. The van der Waals surface area contributed by atoms with E-state index < -0.39 is 0 Å². The molecule has 23 heavy (non-hydrogen) atoms. The molecule has 0 amide bonds. The Hall–Kier alpha value is -1.09. The lowest BCUT2D eigenvalue weighted by Gasteiger charge is -2.24. The molecule has 1 aliphatic rings. The Labute approximate surface area is 155 Å². The zero-order valence-corrected chi connectivity index (χ0v) is 16.2. The molecule has 1 unspecified atom stereocenters. The second-order valence-corrected chi connectivity index (χ2v) is 5.38. The van der Waals surface area contributed by atoms with Crippen LogP contribution in [0, 0.1) is 5.92 Å². The Balaban J connectivity index is 0.00000264. The molecule has 0 radical (unpaired) electrons. The van der Waals surface area contributed by atoms with Crippen LogP contribution < -0.4 is 10.1 Å². The summed E-state index contributed by atoms with van der Waals surface area (Å²) < 4.78 is 11.0. The molecule has 6 nitrogen and oxygen atoms in total. The van der Waals surface area contributed by atoms with E-state index in [0.29, 0.717) is 19.1 Å². The standard InChI is InChI=1S/C16H26N4O2.HI/c1-3-18-16(20(2)12-14-6-9-21-13-14)19-8-10-22-15-5-4-7-17-11-15;/h4-5,7,11,14H,3,6,8-10,12-13H2,1-2H3,(H,18,19);1H. The van der Waals surface area contributed by atoms with Gasteiger partial charge in [0.2, 0.25) is 0 Å². The van der Waals surface area contributed by atoms with E-state index in [1.807, 2.05) is 12.1 Å². The molecule has 1 atom stereocenters. The van der Waals surface area contributed by atoms with Crippen LogP contribution in [0.3, 0.4) is 0 Å². The van der Waals surface area contributed by atoms with Gasteiger partial charge in [0.25, 0.3) is 0 Å². The molecule has 0 bridgehead atoms. The molecule has 1 aromatic heterocycles. The minimum absolute atomic E-state index is 0. The van der Waals surface area contributed by atoms with Crippen molar-refractivity contribution in [2.45, 2.75) is 13.3 Å². The van der Waals surface area contributed by atoms with Gasteiger partial charge in [-0.3, -0.25) is 4.98 Å². The van der Waals surface area contributed by atoms with Gasteiger partial charge >= 0.3 is 0 Å². The van der Waals surface area contributed by atoms with Gasteiger partial charge in [-0.25, -0.2) is 4.99 Å². The smallest absolute Gasteiger partial charge is 0.193 e. The number of guanidine groups is 1. The van der Waals surface area contributed by atoms with Crippen molar-refractivity contribution in [3.8, 4) is 5.75 Å². The van der Waals surface area contributed by atoms with Gasteiger partial charge in [0, 0.05) is 38.9 Å². The zero-order chi connectivity index (χ0) is 15.6. The molecule has 1 saturated heterocycles. The number of aliphatic imine (C=N–C) groups is 1. The SMILES string of the molecule is CCNC(=NCCOc1cccnc1)N(C)CC1CCOC1.I. The van der Waals surface area contributed by atoms with Crippen LogP contribution in [0.15, 0.2) is 29.5 Å². The number of aromatic nitrogens is 1. The highest BCUT2D eigenvalue weighted by Gasteiger charge is 2.18. The van der Waals surface area contributed by atoms with Crippen molar-refractivity contribution < 1.29 is 9.47 Å². The topological polar surface area (TPSA) is 59.0 Å². The van der Waals surface area contributed by atoms with Crippen LogP contribution in [0.25, 0.3) is 0 Å². The predicted molar refractivity (Wildman–Crippen MR) is 103 cm³/mol. The highest BCUT2D eigenvalue weighted by Crippen LogP contribution is 2.13. The van der Waals surface area contributed by atoms with Crippen LogP contribution >= 0.6 is 24.0 Å². The largest absolute Gasteiger partial charge is 0.490 e. The number of hydrogen-bond acceptors (Lipinski definition) is 4. The van der Waals surface area contributed by atoms with Gasteiger partial charge < -0.3 is 19.7 Å². The minimum Gasteiger partial charge on any atom is -0.490 e. The van der Waals surface area contributed by atoms with E-state index in [2.05, 4.69) is 34.2 Å². The molecule has 0 aromatic carbocycles. The highest BCUT2D eigenvalue weighted by atomic mass is 127. The summed E-state index contributed by atoms with van der Waals surface area (Å²) in [5.41, 5.74) is 0. The van der Waals surface area contributed by atoms with Gasteiger partial charge in [-0.2, -0.15) is 0 Å². The van der Waals surface area contributed by atoms with E-state index in [1.54, 1.807) is 12.4 Å². The first-order chi connectivity index (χ1) is 10.8.